The van der Waals surface area contributed by atoms with Gasteiger partial charge in [-0.15, -0.1) is 0 Å². The van der Waals surface area contributed by atoms with Crippen LogP contribution in [0.3, 0.4) is 0 Å². The van der Waals surface area contributed by atoms with E-state index in [4.69, 9.17) is 0 Å². The highest BCUT2D eigenvalue weighted by Gasteiger charge is 2.30. The minimum Gasteiger partial charge on any atom is -0.395 e. The number of rotatable bonds is 4. The Morgan fingerprint density at radius 3 is 2.79 bits per heavy atom. The summed E-state index contributed by atoms with van der Waals surface area (Å²) in [7, 11) is 0. The molecule has 1 heterocycles. The highest BCUT2D eigenvalue weighted by atomic mass is 16.3. The monoisotopic (exact) mass is 319 g/mol. The van der Waals surface area contributed by atoms with E-state index in [0.717, 1.165) is 36.8 Å². The Bertz CT molecular complexity index is 745. The molecule has 2 aromatic rings. The van der Waals surface area contributed by atoms with Crippen molar-refractivity contribution in [2.45, 2.75) is 24.9 Å². The number of hydrogen-bond donors (Lipinski definition) is 1. The van der Waals surface area contributed by atoms with Crippen LogP contribution in [0.25, 0.3) is 0 Å². The van der Waals surface area contributed by atoms with Crippen molar-refractivity contribution >= 4 is 6.29 Å². The van der Waals surface area contributed by atoms with Crippen LogP contribution < -0.4 is 0 Å². The van der Waals surface area contributed by atoms with E-state index in [1.54, 1.807) is 6.07 Å². The Morgan fingerprint density at radius 2 is 2.04 bits per heavy atom. The molecular formula is C21H21NO2. The summed E-state index contributed by atoms with van der Waals surface area (Å²) in [6.07, 6.45) is 2.90. The number of likely N-dealkylation sites (tertiary alicyclic amines) is 1. The van der Waals surface area contributed by atoms with E-state index in [2.05, 4.69) is 16.7 Å². The van der Waals surface area contributed by atoms with Crippen LogP contribution in [-0.4, -0.2) is 35.5 Å². The van der Waals surface area contributed by atoms with Crippen molar-refractivity contribution in [3.05, 3.63) is 71.3 Å². The second-order valence-electron chi connectivity index (χ2n) is 6.04. The molecule has 0 amide bonds. The minimum absolute atomic E-state index is 0.121. The smallest absolute Gasteiger partial charge is 0.150 e. The first-order valence-electron chi connectivity index (χ1n) is 8.30. The Hall–Kier alpha value is -2.41. The molecular weight excluding hydrogens is 298 g/mol. The quantitative estimate of drug-likeness (QED) is 0.695. The first kappa shape index (κ1) is 16.4. The standard InChI is InChI=1S/C21H21NO2/c23-15-18-8-4-9-19(14-18)21(22-13-5-10-20(22)16-24)12-11-17-6-2-1-3-7-17/h1-4,6-9,14-15,20-21,24H,5,10,13,16H2/t20-,21+/m0/s1. The topological polar surface area (TPSA) is 40.5 Å². The summed E-state index contributed by atoms with van der Waals surface area (Å²) in [5.41, 5.74) is 2.62. The number of aliphatic hydroxyl groups excluding tert-OH is 1. The van der Waals surface area contributed by atoms with Crippen LogP contribution in [0.1, 0.15) is 40.4 Å². The minimum atomic E-state index is -0.121. The van der Waals surface area contributed by atoms with Crippen molar-refractivity contribution in [1.29, 1.82) is 0 Å². The van der Waals surface area contributed by atoms with Gasteiger partial charge in [-0.3, -0.25) is 9.69 Å². The van der Waals surface area contributed by atoms with E-state index in [1.807, 2.05) is 48.5 Å². The fraction of sp³-hybridized carbons (Fsp3) is 0.286. The van der Waals surface area contributed by atoms with Crippen LogP contribution in [0.2, 0.25) is 0 Å². The number of aldehydes is 1. The number of nitrogens with zero attached hydrogens (tertiary/aromatic N) is 1. The number of carbonyl (C=O) groups excluding carboxylic acids is 1. The van der Waals surface area contributed by atoms with E-state index >= 15 is 0 Å². The molecule has 3 rings (SSSR count). The number of carbonyl (C=O) groups is 1. The first-order chi connectivity index (χ1) is 11.8. The molecule has 1 aliphatic rings. The van der Waals surface area contributed by atoms with Gasteiger partial charge in [-0.2, -0.15) is 0 Å². The Labute approximate surface area is 142 Å². The highest BCUT2D eigenvalue weighted by molar-refractivity contribution is 5.75. The molecule has 1 N–H and O–H groups in total. The Balaban J connectivity index is 1.97. The third-order valence-electron chi connectivity index (χ3n) is 4.45. The normalized spacial score (nSPS) is 18.6. The molecule has 2 aromatic carbocycles. The molecule has 1 fully saturated rings. The summed E-state index contributed by atoms with van der Waals surface area (Å²) in [6.45, 7) is 1.04. The lowest BCUT2D eigenvalue weighted by Crippen LogP contribution is -2.35. The molecule has 122 valence electrons. The first-order valence-corrected chi connectivity index (χ1v) is 8.30. The van der Waals surface area contributed by atoms with Gasteiger partial charge >= 0.3 is 0 Å². The molecule has 3 heteroatoms. The fourth-order valence-electron chi connectivity index (χ4n) is 3.23. The zero-order valence-corrected chi connectivity index (χ0v) is 13.6. The maximum Gasteiger partial charge on any atom is 0.150 e. The van der Waals surface area contributed by atoms with Crippen molar-refractivity contribution in [2.24, 2.45) is 0 Å². The zero-order chi connectivity index (χ0) is 16.8. The molecule has 0 radical (unpaired) electrons. The average molecular weight is 319 g/mol. The molecule has 3 nitrogen and oxygen atoms in total. The van der Waals surface area contributed by atoms with E-state index in [1.165, 1.54) is 0 Å². The predicted molar refractivity (Wildman–Crippen MR) is 94.7 cm³/mol. The van der Waals surface area contributed by atoms with E-state index in [-0.39, 0.29) is 18.7 Å². The molecule has 0 saturated carbocycles. The van der Waals surface area contributed by atoms with Gasteiger partial charge < -0.3 is 5.11 Å². The highest BCUT2D eigenvalue weighted by Crippen LogP contribution is 2.29. The molecule has 0 aromatic heterocycles. The van der Waals surface area contributed by atoms with Crippen LogP contribution in [0.5, 0.6) is 0 Å². The molecule has 2 atom stereocenters. The number of aliphatic hydroxyl groups is 1. The van der Waals surface area contributed by atoms with Gasteiger partial charge in [0.2, 0.25) is 0 Å². The van der Waals surface area contributed by atoms with Gasteiger partial charge in [0.25, 0.3) is 0 Å². The van der Waals surface area contributed by atoms with Gasteiger partial charge in [0.1, 0.15) is 6.29 Å². The number of hydrogen-bond acceptors (Lipinski definition) is 3. The zero-order valence-electron chi connectivity index (χ0n) is 13.6. The summed E-state index contributed by atoms with van der Waals surface area (Å²) in [4.78, 5) is 13.4. The molecule has 0 spiro atoms. The Morgan fingerprint density at radius 1 is 1.21 bits per heavy atom. The van der Waals surface area contributed by atoms with Crippen LogP contribution in [0.4, 0.5) is 0 Å². The van der Waals surface area contributed by atoms with E-state index < -0.39 is 0 Å². The third-order valence-corrected chi connectivity index (χ3v) is 4.45. The summed E-state index contributed by atoms with van der Waals surface area (Å²) in [6, 6.07) is 17.5. The van der Waals surface area contributed by atoms with Crippen LogP contribution in [-0.2, 0) is 0 Å². The van der Waals surface area contributed by atoms with Crippen LogP contribution in [0.15, 0.2) is 54.6 Å². The lowest BCUT2D eigenvalue weighted by atomic mass is 10.0. The number of benzene rings is 2. The van der Waals surface area contributed by atoms with Crippen molar-refractivity contribution in [3.63, 3.8) is 0 Å². The van der Waals surface area contributed by atoms with Gasteiger partial charge in [-0.05, 0) is 36.6 Å². The van der Waals surface area contributed by atoms with E-state index in [9.17, 15) is 9.90 Å². The third kappa shape index (κ3) is 3.73. The molecule has 1 saturated heterocycles. The van der Waals surface area contributed by atoms with Crippen molar-refractivity contribution in [1.82, 2.24) is 4.90 Å². The Kier molecular flexibility index (Phi) is 5.43. The van der Waals surface area contributed by atoms with Crippen LogP contribution >= 0.6 is 0 Å². The summed E-state index contributed by atoms with van der Waals surface area (Å²) < 4.78 is 0. The maximum atomic E-state index is 11.1. The van der Waals surface area contributed by atoms with Gasteiger partial charge in [-0.25, -0.2) is 0 Å². The molecule has 24 heavy (non-hydrogen) atoms. The second kappa shape index (κ2) is 7.92. The second-order valence-corrected chi connectivity index (χ2v) is 6.04. The predicted octanol–water partition coefficient (Wildman–Crippen LogP) is 3.05. The molecule has 1 aliphatic heterocycles. The maximum absolute atomic E-state index is 11.1. The average Bonchev–Trinajstić information content (AvgIpc) is 3.11. The molecule has 0 aliphatic carbocycles. The summed E-state index contributed by atoms with van der Waals surface area (Å²) in [5, 5.41) is 9.67. The summed E-state index contributed by atoms with van der Waals surface area (Å²) >= 11 is 0. The van der Waals surface area contributed by atoms with Gasteiger partial charge in [0, 0.05) is 23.7 Å². The van der Waals surface area contributed by atoms with Crippen molar-refractivity contribution in [3.8, 4) is 11.8 Å². The van der Waals surface area contributed by atoms with Gasteiger partial charge in [0.15, 0.2) is 0 Å². The lowest BCUT2D eigenvalue weighted by Gasteiger charge is -2.29. The van der Waals surface area contributed by atoms with Crippen molar-refractivity contribution in [2.75, 3.05) is 13.2 Å². The SMILES string of the molecule is O=Cc1cccc([C@@H](C#Cc2ccccc2)N2CCC[C@H]2CO)c1. The lowest BCUT2D eigenvalue weighted by molar-refractivity contribution is 0.112. The molecule has 0 bridgehead atoms. The van der Waals surface area contributed by atoms with Gasteiger partial charge in [0.05, 0.1) is 12.6 Å². The van der Waals surface area contributed by atoms with Crippen molar-refractivity contribution < 1.29 is 9.90 Å². The van der Waals surface area contributed by atoms with Gasteiger partial charge in [-0.1, -0.05) is 48.2 Å². The molecule has 0 unspecified atom stereocenters. The largest absolute Gasteiger partial charge is 0.395 e. The van der Waals surface area contributed by atoms with E-state index in [0.29, 0.717) is 5.56 Å². The summed E-state index contributed by atoms with van der Waals surface area (Å²) in [5.74, 6) is 6.60. The van der Waals surface area contributed by atoms with Crippen LogP contribution in [0, 0.1) is 11.8 Å². The fourth-order valence-corrected chi connectivity index (χ4v) is 3.23.